The van der Waals surface area contributed by atoms with E-state index in [1.807, 2.05) is 0 Å². The van der Waals surface area contributed by atoms with Crippen LogP contribution in [0.25, 0.3) is 0 Å². The highest BCUT2D eigenvalue weighted by atomic mass is 19.1. The number of halogens is 1. The van der Waals surface area contributed by atoms with Crippen LogP contribution in [-0.4, -0.2) is 5.78 Å². The van der Waals surface area contributed by atoms with Gasteiger partial charge in [0.05, 0.1) is 0 Å². The molecule has 0 aromatic heterocycles. The molecule has 1 fully saturated rings. The highest BCUT2D eigenvalue weighted by Gasteiger charge is 2.21. The van der Waals surface area contributed by atoms with Gasteiger partial charge in [0.2, 0.25) is 0 Å². The third-order valence-electron chi connectivity index (χ3n) is 3.10. The molecule has 2 heteroatoms. The summed E-state index contributed by atoms with van der Waals surface area (Å²) in [5.41, 5.74) is 0.656. The highest BCUT2D eigenvalue weighted by molar-refractivity contribution is 5.97. The second-order valence-electron chi connectivity index (χ2n) is 4.21. The molecule has 0 aliphatic heterocycles. The maximum Gasteiger partial charge on any atom is 0.165 e. The Hall–Kier alpha value is -1.18. The summed E-state index contributed by atoms with van der Waals surface area (Å²) in [5, 5.41) is 0. The molecule has 1 aromatic rings. The fourth-order valence-corrected chi connectivity index (χ4v) is 2.21. The van der Waals surface area contributed by atoms with Crippen LogP contribution in [0, 0.1) is 11.7 Å². The molecule has 1 aromatic carbocycles. The van der Waals surface area contributed by atoms with Crippen molar-refractivity contribution in [2.24, 2.45) is 5.92 Å². The van der Waals surface area contributed by atoms with Crippen LogP contribution in [0.1, 0.15) is 42.5 Å². The first kappa shape index (κ1) is 10.3. The molecule has 15 heavy (non-hydrogen) atoms. The van der Waals surface area contributed by atoms with E-state index in [2.05, 4.69) is 0 Å². The minimum atomic E-state index is -0.282. The lowest BCUT2D eigenvalue weighted by Crippen LogP contribution is -2.17. The summed E-state index contributed by atoms with van der Waals surface area (Å²) in [6.07, 6.45) is 5.54. The predicted molar refractivity (Wildman–Crippen MR) is 57.3 cm³/mol. The predicted octanol–water partition coefficient (Wildman–Crippen LogP) is 3.59. The fraction of sp³-hybridized carbons (Fsp3) is 0.462. The molecule has 0 spiro atoms. The van der Waals surface area contributed by atoms with E-state index < -0.39 is 0 Å². The molecule has 0 radical (unpaired) electrons. The standard InChI is InChI=1S/C13H15FO/c14-12-8-6-11(7-9-12)13(15)10-4-2-1-3-5-10/h6-10H,1-5H2. The van der Waals surface area contributed by atoms with Crippen molar-refractivity contribution in [3.05, 3.63) is 35.6 Å². The summed E-state index contributed by atoms with van der Waals surface area (Å²) in [6.45, 7) is 0. The Bertz CT molecular complexity index is 336. The molecule has 1 saturated carbocycles. The minimum Gasteiger partial charge on any atom is -0.294 e. The van der Waals surface area contributed by atoms with Gasteiger partial charge in [-0.25, -0.2) is 4.39 Å². The van der Waals surface area contributed by atoms with Crippen LogP contribution in [0.15, 0.2) is 24.3 Å². The van der Waals surface area contributed by atoms with Crippen molar-refractivity contribution < 1.29 is 9.18 Å². The molecular formula is C13H15FO. The number of benzene rings is 1. The lowest BCUT2D eigenvalue weighted by Gasteiger charge is -2.20. The lowest BCUT2D eigenvalue weighted by atomic mass is 9.84. The average molecular weight is 206 g/mol. The Balaban J connectivity index is 2.09. The first-order chi connectivity index (χ1) is 7.27. The van der Waals surface area contributed by atoms with Gasteiger partial charge in [0.1, 0.15) is 5.82 Å². The molecular weight excluding hydrogens is 191 g/mol. The van der Waals surface area contributed by atoms with Gasteiger partial charge in [-0.3, -0.25) is 4.79 Å². The number of rotatable bonds is 2. The lowest BCUT2D eigenvalue weighted by molar-refractivity contribution is 0.0889. The van der Waals surface area contributed by atoms with Crippen LogP contribution in [0.3, 0.4) is 0 Å². The Kier molecular flexibility index (Phi) is 3.14. The van der Waals surface area contributed by atoms with Crippen molar-refractivity contribution >= 4 is 5.78 Å². The van der Waals surface area contributed by atoms with E-state index in [0.29, 0.717) is 5.56 Å². The molecule has 0 bridgehead atoms. The van der Waals surface area contributed by atoms with Gasteiger partial charge in [0, 0.05) is 11.5 Å². The molecule has 80 valence electrons. The zero-order chi connectivity index (χ0) is 10.7. The van der Waals surface area contributed by atoms with Crippen molar-refractivity contribution in [1.29, 1.82) is 0 Å². The Morgan fingerprint density at radius 2 is 1.67 bits per heavy atom. The zero-order valence-electron chi connectivity index (χ0n) is 8.71. The van der Waals surface area contributed by atoms with Crippen LogP contribution in [0.5, 0.6) is 0 Å². The summed E-state index contributed by atoms with van der Waals surface area (Å²) < 4.78 is 12.7. The Morgan fingerprint density at radius 1 is 1.07 bits per heavy atom. The van der Waals surface area contributed by atoms with E-state index in [1.165, 1.54) is 18.6 Å². The number of carbonyl (C=O) groups excluding carboxylic acids is 1. The van der Waals surface area contributed by atoms with Gasteiger partial charge in [-0.2, -0.15) is 0 Å². The second kappa shape index (κ2) is 4.56. The van der Waals surface area contributed by atoms with Gasteiger partial charge in [0.15, 0.2) is 5.78 Å². The molecule has 0 heterocycles. The van der Waals surface area contributed by atoms with Crippen molar-refractivity contribution in [1.82, 2.24) is 0 Å². The van der Waals surface area contributed by atoms with Gasteiger partial charge in [0.25, 0.3) is 0 Å². The molecule has 0 unspecified atom stereocenters. The van der Waals surface area contributed by atoms with E-state index >= 15 is 0 Å². The van der Waals surface area contributed by atoms with Crippen LogP contribution in [0.4, 0.5) is 4.39 Å². The van der Waals surface area contributed by atoms with Crippen molar-refractivity contribution in [2.45, 2.75) is 32.1 Å². The quantitative estimate of drug-likeness (QED) is 0.676. The number of Topliss-reactive ketones (excluding diaryl/α,β-unsaturated/α-hetero) is 1. The first-order valence-electron chi connectivity index (χ1n) is 5.57. The fourth-order valence-electron chi connectivity index (χ4n) is 2.21. The van der Waals surface area contributed by atoms with Gasteiger partial charge in [-0.05, 0) is 37.1 Å². The van der Waals surface area contributed by atoms with Crippen LogP contribution in [-0.2, 0) is 0 Å². The number of carbonyl (C=O) groups is 1. The molecule has 0 atom stereocenters. The normalized spacial score (nSPS) is 17.7. The minimum absolute atomic E-state index is 0.171. The Labute approximate surface area is 89.3 Å². The molecule has 0 amide bonds. The topological polar surface area (TPSA) is 17.1 Å². The number of hydrogen-bond acceptors (Lipinski definition) is 1. The zero-order valence-corrected chi connectivity index (χ0v) is 8.71. The molecule has 1 nitrogen and oxygen atoms in total. The summed E-state index contributed by atoms with van der Waals surface area (Å²) in [4.78, 5) is 12.0. The van der Waals surface area contributed by atoms with E-state index in [1.54, 1.807) is 12.1 Å². The van der Waals surface area contributed by atoms with Crippen molar-refractivity contribution in [3.8, 4) is 0 Å². The largest absolute Gasteiger partial charge is 0.294 e. The summed E-state index contributed by atoms with van der Waals surface area (Å²) in [5.74, 6) is 0.0779. The van der Waals surface area contributed by atoms with Gasteiger partial charge in [-0.15, -0.1) is 0 Å². The first-order valence-corrected chi connectivity index (χ1v) is 5.57. The average Bonchev–Trinajstić information content (AvgIpc) is 2.30. The van der Waals surface area contributed by atoms with Crippen LogP contribution in [0.2, 0.25) is 0 Å². The monoisotopic (exact) mass is 206 g/mol. The van der Waals surface area contributed by atoms with E-state index in [0.717, 1.165) is 25.7 Å². The van der Waals surface area contributed by atoms with Gasteiger partial charge < -0.3 is 0 Å². The maximum atomic E-state index is 12.7. The maximum absolute atomic E-state index is 12.7. The third-order valence-corrected chi connectivity index (χ3v) is 3.10. The van der Waals surface area contributed by atoms with E-state index in [4.69, 9.17) is 0 Å². The van der Waals surface area contributed by atoms with Crippen molar-refractivity contribution in [2.75, 3.05) is 0 Å². The van der Waals surface area contributed by atoms with Crippen molar-refractivity contribution in [3.63, 3.8) is 0 Å². The molecule has 0 N–H and O–H groups in total. The van der Waals surface area contributed by atoms with Gasteiger partial charge in [-0.1, -0.05) is 19.3 Å². The molecule has 2 rings (SSSR count). The third kappa shape index (κ3) is 2.44. The summed E-state index contributed by atoms with van der Waals surface area (Å²) >= 11 is 0. The van der Waals surface area contributed by atoms with Crippen LogP contribution >= 0.6 is 0 Å². The second-order valence-corrected chi connectivity index (χ2v) is 4.21. The molecule has 0 saturated heterocycles. The van der Waals surface area contributed by atoms with Gasteiger partial charge >= 0.3 is 0 Å². The molecule has 1 aliphatic carbocycles. The smallest absolute Gasteiger partial charge is 0.165 e. The Morgan fingerprint density at radius 3 is 2.27 bits per heavy atom. The summed E-state index contributed by atoms with van der Waals surface area (Å²) in [6, 6.07) is 5.89. The SMILES string of the molecule is O=C(c1ccc(F)cc1)C1CCCCC1. The van der Waals surface area contributed by atoms with Crippen LogP contribution < -0.4 is 0 Å². The summed E-state index contributed by atoms with van der Waals surface area (Å²) in [7, 11) is 0. The van der Waals surface area contributed by atoms with E-state index in [9.17, 15) is 9.18 Å². The van der Waals surface area contributed by atoms with E-state index in [-0.39, 0.29) is 17.5 Å². The molecule has 1 aliphatic rings. The number of hydrogen-bond donors (Lipinski definition) is 0. The highest BCUT2D eigenvalue weighted by Crippen LogP contribution is 2.26. The number of ketones is 1.